The van der Waals surface area contributed by atoms with Crippen molar-refractivity contribution in [2.45, 2.75) is 411 Å². The van der Waals surface area contributed by atoms with E-state index in [-0.39, 0.29) is 18.5 Å². The summed E-state index contributed by atoms with van der Waals surface area (Å²) >= 11 is 0. The van der Waals surface area contributed by atoms with Crippen molar-refractivity contribution in [2.75, 3.05) is 13.2 Å². The molecule has 0 aromatic rings. The average molecular weight is 1070 g/mol. The van der Waals surface area contributed by atoms with Gasteiger partial charge >= 0.3 is 5.97 Å². The fourth-order valence-electron chi connectivity index (χ4n) is 11.2. The molecule has 3 N–H and O–H groups in total. The number of aliphatic hydroxyl groups is 2. The van der Waals surface area contributed by atoms with Crippen LogP contribution in [-0.4, -0.2) is 47.4 Å². The second-order valence-electron chi connectivity index (χ2n) is 24.2. The number of hydrogen-bond acceptors (Lipinski definition) is 5. The normalized spacial score (nSPS) is 12.5. The van der Waals surface area contributed by atoms with Gasteiger partial charge in [-0.2, -0.15) is 0 Å². The van der Waals surface area contributed by atoms with E-state index in [1.807, 2.05) is 6.08 Å². The van der Waals surface area contributed by atoms with Gasteiger partial charge in [0.1, 0.15) is 0 Å². The number of amides is 1. The van der Waals surface area contributed by atoms with E-state index in [1.54, 1.807) is 6.08 Å². The summed E-state index contributed by atoms with van der Waals surface area (Å²) < 4.78 is 5.51. The highest BCUT2D eigenvalue weighted by Gasteiger charge is 2.18. The molecular weight excluding hydrogens is 935 g/mol. The molecule has 2 atom stereocenters. The maximum absolute atomic E-state index is 12.4. The summed E-state index contributed by atoms with van der Waals surface area (Å²) in [5.41, 5.74) is 0. The molecule has 0 bridgehead atoms. The first-order chi connectivity index (χ1) is 37.5. The van der Waals surface area contributed by atoms with Crippen LogP contribution in [0.4, 0.5) is 0 Å². The summed E-state index contributed by atoms with van der Waals surface area (Å²) in [5, 5.41) is 23.0. The van der Waals surface area contributed by atoms with Gasteiger partial charge in [-0.15, -0.1) is 0 Å². The van der Waals surface area contributed by atoms with E-state index in [0.29, 0.717) is 19.4 Å². The molecule has 0 rings (SSSR count). The molecular formula is C70H137NO5. The summed E-state index contributed by atoms with van der Waals surface area (Å²) in [7, 11) is 0. The Bertz CT molecular complexity index is 1140. The average Bonchev–Trinajstić information content (AvgIpc) is 3.42. The van der Waals surface area contributed by atoms with E-state index in [2.05, 4.69) is 19.2 Å². The number of rotatable bonds is 66. The summed E-state index contributed by atoms with van der Waals surface area (Å²) in [6, 6.07) is -0.621. The van der Waals surface area contributed by atoms with E-state index < -0.39 is 12.1 Å². The highest BCUT2D eigenvalue weighted by molar-refractivity contribution is 5.76. The molecule has 0 saturated heterocycles. The molecule has 0 fully saturated rings. The first-order valence-electron chi connectivity index (χ1n) is 35.0. The Morgan fingerprint density at radius 3 is 0.895 bits per heavy atom. The van der Waals surface area contributed by atoms with Crippen molar-refractivity contribution in [2.24, 2.45) is 0 Å². The van der Waals surface area contributed by atoms with Crippen LogP contribution in [0.1, 0.15) is 399 Å². The number of unbranched alkanes of at least 4 members (excludes halogenated alkanes) is 55. The second kappa shape index (κ2) is 66.1. The lowest BCUT2D eigenvalue weighted by molar-refractivity contribution is -0.143. The second-order valence-corrected chi connectivity index (χ2v) is 24.2. The van der Waals surface area contributed by atoms with E-state index >= 15 is 0 Å². The van der Waals surface area contributed by atoms with Crippen molar-refractivity contribution < 1.29 is 24.5 Å². The molecule has 0 aliphatic rings. The van der Waals surface area contributed by atoms with Gasteiger partial charge in [0.05, 0.1) is 25.4 Å². The van der Waals surface area contributed by atoms with Gasteiger partial charge in [-0.3, -0.25) is 9.59 Å². The fourth-order valence-corrected chi connectivity index (χ4v) is 11.2. The van der Waals surface area contributed by atoms with Crippen LogP contribution >= 0.6 is 0 Å². The van der Waals surface area contributed by atoms with Gasteiger partial charge in [0.25, 0.3) is 0 Å². The minimum Gasteiger partial charge on any atom is -0.466 e. The van der Waals surface area contributed by atoms with Crippen LogP contribution in [0, 0.1) is 0 Å². The molecule has 76 heavy (non-hydrogen) atoms. The SMILES string of the molecule is CCCCCCCCCC/C=C/C(O)C(CO)NC(=O)CCCCCCCCCCCCCCCCCCCCCCCCCCCCCCCCCCCOC(=O)CCCCCCCCCCCCCCCCCC. The van der Waals surface area contributed by atoms with Crippen LogP contribution in [0.25, 0.3) is 0 Å². The molecule has 0 radical (unpaired) electrons. The molecule has 0 heterocycles. The van der Waals surface area contributed by atoms with Gasteiger partial charge in [-0.25, -0.2) is 0 Å². The minimum absolute atomic E-state index is 0.0256. The maximum Gasteiger partial charge on any atom is 0.305 e. The van der Waals surface area contributed by atoms with E-state index in [1.165, 1.54) is 334 Å². The number of ether oxygens (including phenoxy) is 1. The lowest BCUT2D eigenvalue weighted by Crippen LogP contribution is -2.45. The maximum atomic E-state index is 12.4. The quantitative estimate of drug-likeness (QED) is 0.0320. The number of aliphatic hydroxyl groups excluding tert-OH is 2. The fraction of sp³-hybridized carbons (Fsp3) is 0.943. The Kier molecular flexibility index (Phi) is 64.9. The third-order valence-corrected chi connectivity index (χ3v) is 16.6. The van der Waals surface area contributed by atoms with Gasteiger partial charge in [-0.1, -0.05) is 366 Å². The first-order valence-corrected chi connectivity index (χ1v) is 35.0. The van der Waals surface area contributed by atoms with Crippen molar-refractivity contribution >= 4 is 11.9 Å². The van der Waals surface area contributed by atoms with Gasteiger partial charge in [-0.05, 0) is 32.1 Å². The summed E-state index contributed by atoms with van der Waals surface area (Å²) in [6.45, 7) is 4.92. The van der Waals surface area contributed by atoms with Gasteiger partial charge in [0.2, 0.25) is 5.91 Å². The zero-order valence-corrected chi connectivity index (χ0v) is 51.8. The molecule has 0 aromatic carbocycles. The Morgan fingerprint density at radius 2 is 0.605 bits per heavy atom. The number of nitrogens with one attached hydrogen (secondary N) is 1. The Morgan fingerprint density at radius 1 is 0.355 bits per heavy atom. The third kappa shape index (κ3) is 61.8. The standard InChI is InChI=1S/C70H137NO5/c1-3-5-7-9-11-13-15-16-17-38-41-44-48-52-56-60-64-70(75)76-65-61-57-53-49-45-42-39-36-34-32-30-28-26-24-22-20-18-19-21-23-25-27-29-31-33-35-37-40-43-47-51-55-59-63-69(74)71-67(66-72)68(73)62-58-54-50-46-14-12-10-8-6-4-2/h58,62,67-68,72-73H,3-57,59-61,63-66H2,1-2H3,(H,71,74)/b62-58+. The predicted molar refractivity (Wildman–Crippen MR) is 333 cm³/mol. The largest absolute Gasteiger partial charge is 0.466 e. The number of esters is 1. The molecule has 452 valence electrons. The molecule has 1 amide bonds. The number of allylic oxidation sites excluding steroid dienone is 1. The van der Waals surface area contributed by atoms with Crippen molar-refractivity contribution in [3.8, 4) is 0 Å². The van der Waals surface area contributed by atoms with Crippen LogP contribution < -0.4 is 5.32 Å². The molecule has 0 aliphatic carbocycles. The van der Waals surface area contributed by atoms with E-state index in [9.17, 15) is 19.8 Å². The smallest absolute Gasteiger partial charge is 0.305 e. The van der Waals surface area contributed by atoms with Gasteiger partial charge < -0.3 is 20.3 Å². The highest BCUT2D eigenvalue weighted by Crippen LogP contribution is 2.19. The molecule has 0 aromatic heterocycles. The molecule has 0 spiro atoms. The number of carbonyl (C=O) groups excluding carboxylic acids is 2. The van der Waals surface area contributed by atoms with E-state index in [0.717, 1.165) is 38.5 Å². The Balaban J connectivity index is 3.28. The minimum atomic E-state index is -0.838. The van der Waals surface area contributed by atoms with Gasteiger partial charge in [0.15, 0.2) is 0 Å². The van der Waals surface area contributed by atoms with Crippen molar-refractivity contribution in [1.82, 2.24) is 5.32 Å². The lowest BCUT2D eigenvalue weighted by atomic mass is 10.0. The third-order valence-electron chi connectivity index (χ3n) is 16.6. The topological polar surface area (TPSA) is 95.9 Å². The summed E-state index contributed by atoms with van der Waals surface area (Å²) in [4.78, 5) is 24.5. The Hall–Kier alpha value is -1.40. The highest BCUT2D eigenvalue weighted by atomic mass is 16.5. The van der Waals surface area contributed by atoms with Crippen LogP contribution in [0.15, 0.2) is 12.2 Å². The van der Waals surface area contributed by atoms with Crippen LogP contribution in [-0.2, 0) is 14.3 Å². The van der Waals surface area contributed by atoms with Crippen molar-refractivity contribution in [3.63, 3.8) is 0 Å². The van der Waals surface area contributed by atoms with Crippen molar-refractivity contribution in [3.05, 3.63) is 12.2 Å². The Labute approximate surface area is 476 Å². The molecule has 2 unspecified atom stereocenters. The number of carbonyl (C=O) groups is 2. The number of hydrogen-bond donors (Lipinski definition) is 3. The van der Waals surface area contributed by atoms with Crippen LogP contribution in [0.2, 0.25) is 0 Å². The zero-order chi connectivity index (χ0) is 55.0. The lowest BCUT2D eigenvalue weighted by Gasteiger charge is -2.20. The van der Waals surface area contributed by atoms with Gasteiger partial charge in [0, 0.05) is 12.8 Å². The predicted octanol–water partition coefficient (Wildman–Crippen LogP) is 22.4. The molecule has 0 aliphatic heterocycles. The van der Waals surface area contributed by atoms with Crippen molar-refractivity contribution in [1.29, 1.82) is 0 Å². The molecule has 6 nitrogen and oxygen atoms in total. The first kappa shape index (κ1) is 74.6. The zero-order valence-electron chi connectivity index (χ0n) is 51.8. The van der Waals surface area contributed by atoms with E-state index in [4.69, 9.17) is 4.74 Å². The van der Waals surface area contributed by atoms with Crippen LogP contribution in [0.3, 0.4) is 0 Å². The summed E-state index contributed by atoms with van der Waals surface area (Å²) in [6.07, 6.45) is 81.7. The monoisotopic (exact) mass is 1070 g/mol. The van der Waals surface area contributed by atoms with Crippen LogP contribution in [0.5, 0.6) is 0 Å². The molecule has 0 saturated carbocycles. The molecule has 6 heteroatoms. The summed E-state index contributed by atoms with van der Waals surface area (Å²) in [5.74, 6) is -0.0375.